The summed E-state index contributed by atoms with van der Waals surface area (Å²) in [5, 5.41) is 6.60. The van der Waals surface area contributed by atoms with Gasteiger partial charge in [-0.3, -0.25) is 9.69 Å². The first-order chi connectivity index (χ1) is 13.7. The molecule has 1 saturated heterocycles. The summed E-state index contributed by atoms with van der Waals surface area (Å²) in [5.41, 5.74) is 1.74. The molecule has 1 heterocycles. The van der Waals surface area contributed by atoms with Crippen LogP contribution in [0.2, 0.25) is 0 Å². The van der Waals surface area contributed by atoms with Crippen LogP contribution in [0.1, 0.15) is 25.3 Å². The molecule has 1 amide bonds. The Labute approximate surface area is 171 Å². The third-order valence-corrected chi connectivity index (χ3v) is 4.75. The topological polar surface area (TPSA) is 60.0 Å². The summed E-state index contributed by atoms with van der Waals surface area (Å²) >= 11 is 0. The molecule has 0 bridgehead atoms. The second kappa shape index (κ2) is 10.9. The predicted molar refractivity (Wildman–Crippen MR) is 112 cm³/mol. The van der Waals surface area contributed by atoms with Gasteiger partial charge in [0.05, 0.1) is 0 Å². The molecule has 6 nitrogen and oxygen atoms in total. The number of halogens is 2. The minimum Gasteiger partial charge on any atom is -0.354 e. The van der Waals surface area contributed by atoms with Crippen molar-refractivity contribution in [3.05, 3.63) is 47.5 Å². The maximum atomic E-state index is 13.4. The summed E-state index contributed by atoms with van der Waals surface area (Å²) in [7, 11) is 3.41. The molecule has 1 aromatic rings. The fourth-order valence-corrected chi connectivity index (χ4v) is 3.00. The summed E-state index contributed by atoms with van der Waals surface area (Å²) < 4.78 is 26.5. The third-order valence-electron chi connectivity index (χ3n) is 4.75. The van der Waals surface area contributed by atoms with E-state index in [1.807, 2.05) is 6.92 Å². The third kappa shape index (κ3) is 7.81. The molecule has 1 aromatic carbocycles. The second-order valence-corrected chi connectivity index (χ2v) is 7.71. The SMILES string of the molecule is C=C(C)CNC(=NCC(=O)N(C)C)NC1CCN(Cc2ccc(F)c(F)c2)CC1. The molecular weight excluding hydrogens is 376 g/mol. The first-order valence-electron chi connectivity index (χ1n) is 9.80. The lowest BCUT2D eigenvalue weighted by molar-refractivity contribution is -0.127. The molecule has 2 rings (SSSR count). The Balaban J connectivity index is 1.87. The fraction of sp³-hybridized carbons (Fsp3) is 0.524. The number of likely N-dealkylation sites (N-methyl/N-ethyl adjacent to an activating group) is 1. The molecule has 2 N–H and O–H groups in total. The average molecular weight is 408 g/mol. The molecule has 0 spiro atoms. The van der Waals surface area contributed by atoms with Crippen molar-refractivity contribution in [2.24, 2.45) is 4.99 Å². The van der Waals surface area contributed by atoms with Gasteiger partial charge in [0.2, 0.25) is 5.91 Å². The number of benzene rings is 1. The Hall–Kier alpha value is -2.48. The zero-order valence-corrected chi connectivity index (χ0v) is 17.5. The van der Waals surface area contributed by atoms with Crippen LogP contribution in [0, 0.1) is 11.6 Å². The average Bonchev–Trinajstić information content (AvgIpc) is 2.67. The van der Waals surface area contributed by atoms with Crippen LogP contribution in [-0.4, -0.2) is 68.0 Å². The molecule has 0 aliphatic carbocycles. The normalized spacial score (nSPS) is 15.8. The van der Waals surface area contributed by atoms with Crippen molar-refractivity contribution < 1.29 is 13.6 Å². The number of carbonyl (C=O) groups is 1. The van der Waals surface area contributed by atoms with Crippen molar-refractivity contribution in [2.75, 3.05) is 40.3 Å². The Morgan fingerprint density at radius 2 is 1.97 bits per heavy atom. The summed E-state index contributed by atoms with van der Waals surface area (Å²) in [6, 6.07) is 4.27. The number of likely N-dealkylation sites (tertiary alicyclic amines) is 1. The Bertz CT molecular complexity index is 743. The number of hydrogen-bond acceptors (Lipinski definition) is 3. The first kappa shape index (κ1) is 22.8. The second-order valence-electron chi connectivity index (χ2n) is 7.71. The van der Waals surface area contributed by atoms with E-state index in [0.717, 1.165) is 37.1 Å². The van der Waals surface area contributed by atoms with E-state index in [1.165, 1.54) is 17.0 Å². The van der Waals surface area contributed by atoms with Crippen molar-refractivity contribution in [1.82, 2.24) is 20.4 Å². The van der Waals surface area contributed by atoms with Crippen LogP contribution in [-0.2, 0) is 11.3 Å². The van der Waals surface area contributed by atoms with Crippen LogP contribution in [0.4, 0.5) is 8.78 Å². The van der Waals surface area contributed by atoms with Gasteiger partial charge in [0.25, 0.3) is 0 Å². The maximum Gasteiger partial charge on any atom is 0.243 e. The van der Waals surface area contributed by atoms with Crippen LogP contribution >= 0.6 is 0 Å². The van der Waals surface area contributed by atoms with E-state index in [4.69, 9.17) is 0 Å². The quantitative estimate of drug-likeness (QED) is 0.413. The Morgan fingerprint density at radius 1 is 1.28 bits per heavy atom. The molecule has 0 unspecified atom stereocenters. The molecule has 0 atom stereocenters. The van der Waals surface area contributed by atoms with E-state index < -0.39 is 11.6 Å². The van der Waals surface area contributed by atoms with Crippen molar-refractivity contribution in [3.8, 4) is 0 Å². The smallest absolute Gasteiger partial charge is 0.243 e. The van der Waals surface area contributed by atoms with Crippen LogP contribution < -0.4 is 10.6 Å². The summed E-state index contributed by atoms with van der Waals surface area (Å²) in [5.74, 6) is -1.10. The van der Waals surface area contributed by atoms with Gasteiger partial charge >= 0.3 is 0 Å². The van der Waals surface area contributed by atoms with E-state index in [1.54, 1.807) is 20.2 Å². The molecule has 1 aliphatic heterocycles. The summed E-state index contributed by atoms with van der Waals surface area (Å²) in [4.78, 5) is 19.9. The zero-order chi connectivity index (χ0) is 21.4. The van der Waals surface area contributed by atoms with E-state index in [0.29, 0.717) is 19.0 Å². The number of guanidine groups is 1. The predicted octanol–water partition coefficient (Wildman–Crippen LogP) is 2.13. The molecule has 29 heavy (non-hydrogen) atoms. The minimum absolute atomic E-state index is 0.0669. The van der Waals surface area contributed by atoms with E-state index >= 15 is 0 Å². The highest BCUT2D eigenvalue weighted by atomic mass is 19.2. The number of amides is 1. The van der Waals surface area contributed by atoms with Gasteiger partial charge in [-0.2, -0.15) is 0 Å². The Morgan fingerprint density at radius 3 is 2.55 bits per heavy atom. The lowest BCUT2D eigenvalue weighted by Crippen LogP contribution is -2.49. The summed E-state index contributed by atoms with van der Waals surface area (Å²) in [6.07, 6.45) is 1.78. The number of aliphatic imine (C=N–C) groups is 1. The molecule has 0 radical (unpaired) electrons. The number of rotatable bonds is 7. The highest BCUT2D eigenvalue weighted by Crippen LogP contribution is 2.16. The van der Waals surface area contributed by atoms with Crippen molar-refractivity contribution in [2.45, 2.75) is 32.4 Å². The monoisotopic (exact) mass is 407 g/mol. The lowest BCUT2D eigenvalue weighted by atomic mass is 10.0. The van der Waals surface area contributed by atoms with Gasteiger partial charge in [0.1, 0.15) is 6.54 Å². The standard InChI is InChI=1S/C21H31F2N5O/c1-15(2)12-24-21(25-13-20(29)27(3)4)26-17-7-9-28(10-8-17)14-16-5-6-18(22)19(23)11-16/h5-6,11,17H,1,7-10,12-14H2,2-4H3,(H2,24,25,26). The molecule has 1 aliphatic rings. The van der Waals surface area contributed by atoms with E-state index in [2.05, 4.69) is 27.1 Å². The van der Waals surface area contributed by atoms with Gasteiger partial charge in [-0.15, -0.1) is 0 Å². The Kier molecular flexibility index (Phi) is 8.57. The minimum atomic E-state index is -0.821. The van der Waals surface area contributed by atoms with Crippen LogP contribution in [0.25, 0.3) is 0 Å². The van der Waals surface area contributed by atoms with Crippen LogP contribution in [0.5, 0.6) is 0 Å². The number of hydrogen-bond donors (Lipinski definition) is 2. The highest BCUT2D eigenvalue weighted by Gasteiger charge is 2.20. The summed E-state index contributed by atoms with van der Waals surface area (Å²) in [6.45, 7) is 8.72. The van der Waals surface area contributed by atoms with Crippen molar-refractivity contribution in [3.63, 3.8) is 0 Å². The number of piperidine rings is 1. The van der Waals surface area contributed by atoms with Gasteiger partial charge in [-0.25, -0.2) is 13.8 Å². The molecule has 0 aromatic heterocycles. The van der Waals surface area contributed by atoms with Crippen molar-refractivity contribution >= 4 is 11.9 Å². The fourth-order valence-electron chi connectivity index (χ4n) is 3.00. The van der Waals surface area contributed by atoms with Gasteiger partial charge in [0.15, 0.2) is 17.6 Å². The van der Waals surface area contributed by atoms with Gasteiger partial charge in [0, 0.05) is 46.3 Å². The zero-order valence-electron chi connectivity index (χ0n) is 17.5. The maximum absolute atomic E-state index is 13.4. The molecule has 8 heteroatoms. The largest absolute Gasteiger partial charge is 0.354 e. The van der Waals surface area contributed by atoms with Gasteiger partial charge in [-0.1, -0.05) is 18.2 Å². The number of nitrogens with one attached hydrogen (secondary N) is 2. The van der Waals surface area contributed by atoms with E-state index in [-0.39, 0.29) is 18.5 Å². The van der Waals surface area contributed by atoms with Gasteiger partial charge < -0.3 is 15.5 Å². The molecule has 0 saturated carbocycles. The molecule has 1 fully saturated rings. The number of carbonyl (C=O) groups excluding carboxylic acids is 1. The lowest BCUT2D eigenvalue weighted by Gasteiger charge is -2.33. The first-order valence-corrected chi connectivity index (χ1v) is 9.80. The van der Waals surface area contributed by atoms with Crippen LogP contribution in [0.3, 0.4) is 0 Å². The van der Waals surface area contributed by atoms with Crippen molar-refractivity contribution in [1.29, 1.82) is 0 Å². The number of nitrogens with zero attached hydrogens (tertiary/aromatic N) is 3. The molecule has 160 valence electrons. The molecular formula is C21H31F2N5O. The van der Waals surface area contributed by atoms with E-state index in [9.17, 15) is 13.6 Å². The highest BCUT2D eigenvalue weighted by molar-refractivity contribution is 5.85. The van der Waals surface area contributed by atoms with Crippen LogP contribution in [0.15, 0.2) is 35.3 Å². The van der Waals surface area contributed by atoms with Gasteiger partial charge in [-0.05, 0) is 37.5 Å².